The van der Waals surface area contributed by atoms with Gasteiger partial charge < -0.3 is 10.0 Å². The van der Waals surface area contributed by atoms with Crippen molar-refractivity contribution in [1.82, 2.24) is 0 Å². The number of hydrogen-bond donors (Lipinski definition) is 1. The van der Waals surface area contributed by atoms with E-state index in [0.717, 1.165) is 5.69 Å². The fourth-order valence-electron chi connectivity index (χ4n) is 1.16. The highest BCUT2D eigenvalue weighted by Gasteiger charge is 2.08. The molecule has 1 aliphatic rings. The highest BCUT2D eigenvalue weighted by atomic mass is 16.3. The smallest absolute Gasteiger partial charge is 0.139 e. The molecule has 2 rings (SSSR count). The number of rotatable bonds is 1. The van der Waals surface area contributed by atoms with Crippen LogP contribution >= 0.6 is 0 Å². The topological polar surface area (TPSA) is 48.2 Å². The highest BCUT2D eigenvalue weighted by molar-refractivity contribution is 5.88. The summed E-state index contributed by atoms with van der Waals surface area (Å²) in [4.78, 5) is 9.62. The maximum atomic E-state index is 9.51. The molecular weight excluding hydrogens is 166 g/mol. The number of aliphatic imine (C=N–C) groups is 2. The number of aromatic hydroxyl groups is 1. The Balaban J connectivity index is 2.30. The van der Waals surface area contributed by atoms with E-state index in [0.29, 0.717) is 6.67 Å². The van der Waals surface area contributed by atoms with Gasteiger partial charge in [0, 0.05) is 0 Å². The Morgan fingerprint density at radius 3 is 2.85 bits per heavy atom. The minimum absolute atomic E-state index is 0.242. The van der Waals surface area contributed by atoms with Gasteiger partial charge in [0.25, 0.3) is 0 Å². The molecule has 0 spiro atoms. The fraction of sp³-hybridized carbons (Fsp3) is 0.111. The monoisotopic (exact) mass is 175 g/mol. The van der Waals surface area contributed by atoms with E-state index in [4.69, 9.17) is 0 Å². The van der Waals surface area contributed by atoms with Crippen molar-refractivity contribution in [3.8, 4) is 5.75 Å². The normalized spacial score (nSPS) is 14.9. The van der Waals surface area contributed by atoms with Gasteiger partial charge in [-0.15, -0.1) is 0 Å². The van der Waals surface area contributed by atoms with E-state index >= 15 is 0 Å². The van der Waals surface area contributed by atoms with E-state index in [2.05, 4.69) is 9.98 Å². The number of phenols is 1. The first-order valence-corrected chi connectivity index (χ1v) is 3.94. The summed E-state index contributed by atoms with van der Waals surface area (Å²) in [6, 6.07) is 7.11. The first-order valence-electron chi connectivity index (χ1n) is 3.94. The Morgan fingerprint density at radius 1 is 1.31 bits per heavy atom. The zero-order valence-electron chi connectivity index (χ0n) is 6.96. The summed E-state index contributed by atoms with van der Waals surface area (Å²) >= 11 is 0. The number of para-hydroxylation sites is 2. The lowest BCUT2D eigenvalue weighted by molar-refractivity contribution is 0.476. The second-order valence-electron chi connectivity index (χ2n) is 2.66. The molecule has 13 heavy (non-hydrogen) atoms. The number of anilines is 1. The summed E-state index contributed by atoms with van der Waals surface area (Å²) in [5, 5.41) is 9.51. The van der Waals surface area contributed by atoms with Crippen LogP contribution < -0.4 is 4.90 Å². The van der Waals surface area contributed by atoms with Gasteiger partial charge in [0.2, 0.25) is 0 Å². The average molecular weight is 175 g/mol. The van der Waals surface area contributed by atoms with Gasteiger partial charge in [-0.25, -0.2) is 4.99 Å². The van der Waals surface area contributed by atoms with E-state index in [1.165, 1.54) is 6.34 Å². The Morgan fingerprint density at radius 2 is 2.15 bits per heavy atom. The lowest BCUT2D eigenvalue weighted by atomic mass is 10.3. The molecule has 66 valence electrons. The van der Waals surface area contributed by atoms with Crippen molar-refractivity contribution in [3.05, 3.63) is 24.3 Å². The van der Waals surface area contributed by atoms with Gasteiger partial charge in [-0.1, -0.05) is 12.1 Å². The third kappa shape index (κ3) is 1.51. The van der Waals surface area contributed by atoms with E-state index in [1.807, 2.05) is 12.1 Å². The van der Waals surface area contributed by atoms with Gasteiger partial charge in [0.05, 0.1) is 12.0 Å². The van der Waals surface area contributed by atoms with Crippen LogP contribution in [0.25, 0.3) is 0 Å². The van der Waals surface area contributed by atoms with Gasteiger partial charge in [0.15, 0.2) is 0 Å². The predicted molar refractivity (Wildman–Crippen MR) is 52.4 cm³/mol. The Labute approximate surface area is 75.9 Å². The standard InChI is InChI=1S/C9H9N3O/c13-9-4-2-1-3-8(9)12-6-10-5-11-7-12/h1-6,13H,7H2. The molecule has 1 aromatic carbocycles. The molecule has 1 heterocycles. The van der Waals surface area contributed by atoms with Gasteiger partial charge >= 0.3 is 0 Å². The summed E-state index contributed by atoms with van der Waals surface area (Å²) in [6.07, 6.45) is 3.14. The SMILES string of the molecule is Oc1ccccc1N1C=NC=NC1. The third-order valence-electron chi connectivity index (χ3n) is 1.78. The Hall–Kier alpha value is -1.84. The summed E-state index contributed by atoms with van der Waals surface area (Å²) in [6.45, 7) is 0.501. The zero-order valence-corrected chi connectivity index (χ0v) is 6.96. The van der Waals surface area contributed by atoms with Crippen LogP contribution in [0.3, 0.4) is 0 Å². The molecule has 0 aromatic heterocycles. The quantitative estimate of drug-likeness (QED) is 0.697. The summed E-state index contributed by atoms with van der Waals surface area (Å²) in [5.74, 6) is 0.242. The number of hydrogen-bond acceptors (Lipinski definition) is 4. The molecule has 0 saturated carbocycles. The first-order chi connectivity index (χ1) is 6.38. The Kier molecular flexibility index (Phi) is 1.96. The van der Waals surface area contributed by atoms with Crippen molar-refractivity contribution in [2.75, 3.05) is 11.6 Å². The summed E-state index contributed by atoms with van der Waals surface area (Å²) in [5.41, 5.74) is 0.725. The lowest BCUT2D eigenvalue weighted by Crippen LogP contribution is -2.23. The maximum Gasteiger partial charge on any atom is 0.139 e. The molecule has 0 saturated heterocycles. The van der Waals surface area contributed by atoms with Crippen LogP contribution in [0.5, 0.6) is 5.75 Å². The molecule has 0 bridgehead atoms. The van der Waals surface area contributed by atoms with Crippen molar-refractivity contribution in [1.29, 1.82) is 0 Å². The van der Waals surface area contributed by atoms with E-state index < -0.39 is 0 Å². The number of nitrogens with zero attached hydrogens (tertiary/aromatic N) is 3. The van der Waals surface area contributed by atoms with E-state index in [1.54, 1.807) is 23.4 Å². The number of benzene rings is 1. The molecule has 1 N–H and O–H groups in total. The Bertz CT molecular complexity index is 360. The van der Waals surface area contributed by atoms with Crippen molar-refractivity contribution >= 4 is 18.4 Å². The van der Waals surface area contributed by atoms with Crippen LogP contribution in [0.1, 0.15) is 0 Å². The molecule has 0 atom stereocenters. The van der Waals surface area contributed by atoms with Gasteiger partial charge in [-0.05, 0) is 12.1 Å². The third-order valence-corrected chi connectivity index (χ3v) is 1.78. The summed E-state index contributed by atoms with van der Waals surface area (Å²) < 4.78 is 0. The molecule has 1 aliphatic heterocycles. The second-order valence-corrected chi connectivity index (χ2v) is 2.66. The fourth-order valence-corrected chi connectivity index (χ4v) is 1.16. The van der Waals surface area contributed by atoms with E-state index in [9.17, 15) is 5.11 Å². The second kappa shape index (κ2) is 3.26. The average Bonchev–Trinajstić information content (AvgIpc) is 2.20. The van der Waals surface area contributed by atoms with Crippen LogP contribution in [-0.4, -0.2) is 24.5 Å². The molecule has 0 radical (unpaired) electrons. The van der Waals surface area contributed by atoms with Crippen LogP contribution in [0.15, 0.2) is 34.3 Å². The zero-order chi connectivity index (χ0) is 9.10. The predicted octanol–water partition coefficient (Wildman–Crippen LogP) is 1.23. The van der Waals surface area contributed by atoms with Crippen LogP contribution in [-0.2, 0) is 0 Å². The van der Waals surface area contributed by atoms with Gasteiger partial charge in [-0.3, -0.25) is 4.99 Å². The van der Waals surface area contributed by atoms with Gasteiger partial charge in [0.1, 0.15) is 18.8 Å². The van der Waals surface area contributed by atoms with Crippen LogP contribution in [0, 0.1) is 0 Å². The van der Waals surface area contributed by atoms with Crippen LogP contribution in [0.2, 0.25) is 0 Å². The molecule has 0 fully saturated rings. The van der Waals surface area contributed by atoms with E-state index in [-0.39, 0.29) is 5.75 Å². The van der Waals surface area contributed by atoms with Crippen molar-refractivity contribution in [2.24, 2.45) is 9.98 Å². The molecule has 0 unspecified atom stereocenters. The van der Waals surface area contributed by atoms with Crippen LogP contribution in [0.4, 0.5) is 5.69 Å². The molecule has 4 heteroatoms. The largest absolute Gasteiger partial charge is 0.506 e. The minimum Gasteiger partial charge on any atom is -0.506 e. The number of phenolic OH excluding ortho intramolecular Hbond substituents is 1. The highest BCUT2D eigenvalue weighted by Crippen LogP contribution is 2.25. The molecule has 0 amide bonds. The first kappa shape index (κ1) is 7.79. The summed E-state index contributed by atoms with van der Waals surface area (Å²) in [7, 11) is 0. The molecule has 4 nitrogen and oxygen atoms in total. The van der Waals surface area contributed by atoms with Crippen molar-refractivity contribution in [3.63, 3.8) is 0 Å². The lowest BCUT2D eigenvalue weighted by Gasteiger charge is -2.19. The molecule has 0 aliphatic carbocycles. The van der Waals surface area contributed by atoms with Crippen molar-refractivity contribution < 1.29 is 5.11 Å². The molecular formula is C9H9N3O. The maximum absolute atomic E-state index is 9.51. The van der Waals surface area contributed by atoms with Crippen molar-refractivity contribution in [2.45, 2.75) is 0 Å². The van der Waals surface area contributed by atoms with Gasteiger partial charge in [-0.2, -0.15) is 0 Å². The minimum atomic E-state index is 0.242. The molecule has 1 aromatic rings.